The van der Waals surface area contributed by atoms with E-state index in [1.165, 1.54) is 6.33 Å². The predicted molar refractivity (Wildman–Crippen MR) is 112 cm³/mol. The number of nitrogens with zero attached hydrogens (tertiary/aromatic N) is 6. The van der Waals surface area contributed by atoms with E-state index >= 15 is 4.39 Å². The van der Waals surface area contributed by atoms with E-state index < -0.39 is 11.8 Å². The lowest BCUT2D eigenvalue weighted by atomic mass is 9.87. The molecule has 8 nitrogen and oxygen atoms in total. The molecule has 32 heavy (non-hydrogen) atoms. The van der Waals surface area contributed by atoms with E-state index in [2.05, 4.69) is 16.2 Å². The largest absolute Gasteiger partial charge is 0.353 e. The zero-order valence-corrected chi connectivity index (χ0v) is 17.3. The van der Waals surface area contributed by atoms with E-state index in [1.54, 1.807) is 21.5 Å². The average molecular weight is 432 g/mol. The third-order valence-corrected chi connectivity index (χ3v) is 6.95. The van der Waals surface area contributed by atoms with Crippen LogP contribution in [0.4, 0.5) is 10.2 Å². The molecule has 3 aliphatic heterocycles. The molecule has 0 bridgehead atoms. The molecule has 3 aliphatic rings. The number of ether oxygens (including phenoxy) is 1. The SMILES string of the molecule is N#Cc1ccc(N2CCC3(O[C@@H]4CC[C@@H](c5ccccc5)N4C3=O)C(F)C2)n2ncnc12. The van der Waals surface area contributed by atoms with E-state index in [0.29, 0.717) is 30.0 Å². The summed E-state index contributed by atoms with van der Waals surface area (Å²) in [5, 5.41) is 13.5. The molecule has 0 aliphatic carbocycles. The Morgan fingerprint density at radius 2 is 2.03 bits per heavy atom. The van der Waals surface area contributed by atoms with E-state index in [0.717, 1.165) is 12.0 Å². The minimum Gasteiger partial charge on any atom is -0.353 e. The van der Waals surface area contributed by atoms with Crippen molar-refractivity contribution in [2.45, 2.75) is 43.3 Å². The number of hydrogen-bond donors (Lipinski definition) is 0. The number of rotatable bonds is 2. The van der Waals surface area contributed by atoms with E-state index in [1.807, 2.05) is 35.2 Å². The summed E-state index contributed by atoms with van der Waals surface area (Å²) < 4.78 is 23.5. The maximum absolute atomic E-state index is 15.7. The monoisotopic (exact) mass is 432 g/mol. The van der Waals surface area contributed by atoms with Crippen molar-refractivity contribution in [2.24, 2.45) is 0 Å². The molecule has 1 spiro atoms. The van der Waals surface area contributed by atoms with Gasteiger partial charge >= 0.3 is 0 Å². The number of carbonyl (C=O) groups excluding carboxylic acids is 1. The van der Waals surface area contributed by atoms with Crippen LogP contribution in [0.2, 0.25) is 0 Å². The lowest BCUT2D eigenvalue weighted by Crippen LogP contribution is -2.59. The van der Waals surface area contributed by atoms with Crippen molar-refractivity contribution in [3.63, 3.8) is 0 Å². The van der Waals surface area contributed by atoms with Gasteiger partial charge in [-0.3, -0.25) is 4.79 Å². The number of hydrogen-bond acceptors (Lipinski definition) is 6. The minimum absolute atomic E-state index is 0.00314. The topological polar surface area (TPSA) is 86.8 Å². The maximum Gasteiger partial charge on any atom is 0.260 e. The van der Waals surface area contributed by atoms with Crippen LogP contribution in [0.3, 0.4) is 0 Å². The Morgan fingerprint density at radius 3 is 2.81 bits per heavy atom. The molecule has 2 aromatic heterocycles. The number of fused-ring (bicyclic) bond motifs is 2. The van der Waals surface area contributed by atoms with Gasteiger partial charge in [-0.05, 0) is 30.5 Å². The highest BCUT2D eigenvalue weighted by molar-refractivity contribution is 5.89. The lowest BCUT2D eigenvalue weighted by Gasteiger charge is -2.41. The van der Waals surface area contributed by atoms with E-state index in [4.69, 9.17) is 4.74 Å². The molecule has 4 atom stereocenters. The number of nitriles is 1. The van der Waals surface area contributed by atoms with Crippen LogP contribution in [0.5, 0.6) is 0 Å². The van der Waals surface area contributed by atoms with Crippen LogP contribution < -0.4 is 4.90 Å². The second-order valence-corrected chi connectivity index (χ2v) is 8.55. The fourth-order valence-electron chi connectivity index (χ4n) is 5.38. The number of anilines is 1. The Morgan fingerprint density at radius 1 is 1.19 bits per heavy atom. The van der Waals surface area contributed by atoms with Gasteiger partial charge in [0.25, 0.3) is 5.91 Å². The lowest BCUT2D eigenvalue weighted by molar-refractivity contribution is -0.148. The molecular formula is C23H21FN6O2. The third kappa shape index (κ3) is 2.59. The normalized spacial score (nSPS) is 29.6. The Kier molecular flexibility index (Phi) is 4.20. The van der Waals surface area contributed by atoms with Crippen molar-refractivity contribution >= 4 is 17.4 Å². The quantitative estimate of drug-likeness (QED) is 0.619. The van der Waals surface area contributed by atoms with E-state index in [-0.39, 0.29) is 31.1 Å². The van der Waals surface area contributed by atoms with Crippen LogP contribution in [0.1, 0.15) is 36.4 Å². The smallest absolute Gasteiger partial charge is 0.260 e. The molecule has 1 aromatic carbocycles. The maximum atomic E-state index is 15.7. The molecule has 2 unspecified atom stereocenters. The number of benzene rings is 1. The first-order valence-electron chi connectivity index (χ1n) is 10.8. The van der Waals surface area contributed by atoms with Gasteiger partial charge in [0.2, 0.25) is 0 Å². The molecule has 0 saturated carbocycles. The van der Waals surface area contributed by atoms with Gasteiger partial charge in [0, 0.05) is 13.0 Å². The number of pyridine rings is 1. The Bertz CT molecular complexity index is 1240. The first kappa shape index (κ1) is 19.2. The summed E-state index contributed by atoms with van der Waals surface area (Å²) in [5.41, 5.74) is 0.449. The predicted octanol–water partition coefficient (Wildman–Crippen LogP) is 2.61. The summed E-state index contributed by atoms with van der Waals surface area (Å²) in [7, 11) is 0. The molecule has 3 fully saturated rings. The van der Waals surface area contributed by atoms with Gasteiger partial charge in [-0.1, -0.05) is 30.3 Å². The Labute approximate surface area is 183 Å². The number of amides is 1. The first-order valence-corrected chi connectivity index (χ1v) is 10.8. The van der Waals surface area contributed by atoms with Crippen LogP contribution in [-0.2, 0) is 9.53 Å². The zero-order valence-electron chi connectivity index (χ0n) is 17.3. The highest BCUT2D eigenvalue weighted by Gasteiger charge is 2.62. The van der Waals surface area contributed by atoms with Crippen LogP contribution in [0, 0.1) is 11.3 Å². The molecule has 1 amide bonds. The van der Waals surface area contributed by atoms with Gasteiger partial charge in [-0.25, -0.2) is 9.37 Å². The molecule has 6 rings (SSSR count). The minimum atomic E-state index is -1.49. The van der Waals surface area contributed by atoms with Crippen LogP contribution in [0.25, 0.3) is 5.65 Å². The highest BCUT2D eigenvalue weighted by atomic mass is 19.1. The van der Waals surface area contributed by atoms with Gasteiger partial charge < -0.3 is 14.5 Å². The van der Waals surface area contributed by atoms with Gasteiger partial charge in [0.15, 0.2) is 17.4 Å². The van der Waals surface area contributed by atoms with Gasteiger partial charge in [0.1, 0.15) is 24.4 Å². The number of alkyl halides is 1. The highest BCUT2D eigenvalue weighted by Crippen LogP contribution is 2.48. The summed E-state index contributed by atoms with van der Waals surface area (Å²) >= 11 is 0. The molecule has 5 heterocycles. The van der Waals surface area contributed by atoms with Crippen molar-refractivity contribution in [3.05, 3.63) is 59.9 Å². The molecule has 162 valence electrons. The number of halogens is 1. The van der Waals surface area contributed by atoms with Crippen molar-refractivity contribution in [1.82, 2.24) is 19.5 Å². The van der Waals surface area contributed by atoms with E-state index in [9.17, 15) is 10.1 Å². The number of carbonyl (C=O) groups is 1. The van der Waals surface area contributed by atoms with Crippen molar-refractivity contribution in [3.8, 4) is 6.07 Å². The molecule has 9 heteroatoms. The number of aromatic nitrogens is 3. The zero-order chi connectivity index (χ0) is 21.9. The number of piperidine rings is 1. The first-order chi connectivity index (χ1) is 15.6. The second-order valence-electron chi connectivity index (χ2n) is 8.55. The second kappa shape index (κ2) is 7.00. The fourth-order valence-corrected chi connectivity index (χ4v) is 5.38. The van der Waals surface area contributed by atoms with Crippen LogP contribution in [-0.4, -0.2) is 56.5 Å². The fraction of sp³-hybridized carbons (Fsp3) is 0.391. The van der Waals surface area contributed by atoms with Gasteiger partial charge in [-0.15, -0.1) is 0 Å². The summed E-state index contributed by atoms with van der Waals surface area (Å²) in [5.74, 6) is 0.397. The van der Waals surface area contributed by atoms with Crippen molar-refractivity contribution in [2.75, 3.05) is 18.0 Å². The molecule has 3 aromatic rings. The molecule has 0 radical (unpaired) electrons. The summed E-state index contributed by atoms with van der Waals surface area (Å²) in [6, 6.07) is 15.3. The van der Waals surface area contributed by atoms with Crippen molar-refractivity contribution < 1.29 is 13.9 Å². The molecular weight excluding hydrogens is 411 g/mol. The van der Waals surface area contributed by atoms with Gasteiger partial charge in [0.05, 0.1) is 18.2 Å². The average Bonchev–Trinajstić information content (AvgIpc) is 3.53. The summed E-state index contributed by atoms with van der Waals surface area (Å²) in [6.07, 6.45) is 1.28. The van der Waals surface area contributed by atoms with Crippen LogP contribution >= 0.6 is 0 Å². The summed E-state index contributed by atoms with van der Waals surface area (Å²) in [6.45, 7) is 0.437. The third-order valence-electron chi connectivity index (χ3n) is 6.95. The van der Waals surface area contributed by atoms with Gasteiger partial charge in [-0.2, -0.15) is 14.9 Å². The van der Waals surface area contributed by atoms with Crippen molar-refractivity contribution in [1.29, 1.82) is 5.26 Å². The molecule has 3 saturated heterocycles. The van der Waals surface area contributed by atoms with Crippen LogP contribution in [0.15, 0.2) is 48.8 Å². The standard InChI is InChI=1S/C23H21FN6O2/c24-18-13-28(19-8-6-16(12-25)21-26-14-27-30(19)21)11-10-23(18)22(31)29-17(7-9-20(29)32-23)15-4-2-1-3-5-15/h1-6,8,14,17-18,20H,7,9-11,13H2/t17-,18?,20+,23?/m0/s1. The Balaban J connectivity index is 1.27. The molecule has 0 N–H and O–H groups in total. The Hall–Kier alpha value is -3.51. The summed E-state index contributed by atoms with van der Waals surface area (Å²) in [4.78, 5) is 21.3.